The van der Waals surface area contributed by atoms with Crippen molar-refractivity contribution >= 4 is 16.1 Å². The monoisotopic (exact) mass is 248 g/mol. The van der Waals surface area contributed by atoms with Gasteiger partial charge in [0.1, 0.15) is 0 Å². The van der Waals surface area contributed by atoms with E-state index in [1.807, 2.05) is 0 Å². The van der Waals surface area contributed by atoms with Crippen molar-refractivity contribution in [2.24, 2.45) is 0 Å². The number of ether oxygens (including phenoxy) is 1. The zero-order valence-corrected chi connectivity index (χ0v) is 13.1. The van der Waals surface area contributed by atoms with E-state index in [4.69, 9.17) is 9.84 Å². The quantitative estimate of drug-likeness (QED) is 0.529. The fraction of sp³-hybridized carbons (Fsp3) is 1.00. The van der Waals surface area contributed by atoms with Gasteiger partial charge in [0.05, 0.1) is 13.2 Å². The molecule has 0 bridgehead atoms. The van der Waals surface area contributed by atoms with Gasteiger partial charge in [0.15, 0.2) is 0 Å². The summed E-state index contributed by atoms with van der Waals surface area (Å²) in [6.07, 6.45) is 1.17. The van der Waals surface area contributed by atoms with Crippen LogP contribution in [0.3, 0.4) is 0 Å². The Morgan fingerprint density at radius 2 is 1.60 bits per heavy atom. The highest BCUT2D eigenvalue weighted by Crippen LogP contribution is 2.24. The van der Waals surface area contributed by atoms with E-state index in [-0.39, 0.29) is 6.61 Å². The fourth-order valence-electron chi connectivity index (χ4n) is 2.34. The van der Waals surface area contributed by atoms with Crippen LogP contribution in [0.5, 0.6) is 0 Å². The molecule has 4 heteroatoms. The number of hydrogen-bond donors (Lipinski definition) is 1. The molecule has 0 atom stereocenters. The SMILES string of the molecule is C[Si](C)(C)C[Si](C)(C)CCCOCCO. The topological polar surface area (TPSA) is 29.5 Å². The van der Waals surface area contributed by atoms with Crippen molar-refractivity contribution in [2.75, 3.05) is 19.8 Å². The first-order valence-electron chi connectivity index (χ1n) is 5.95. The van der Waals surface area contributed by atoms with Crippen molar-refractivity contribution in [2.45, 2.75) is 50.9 Å². The largest absolute Gasteiger partial charge is 0.394 e. The van der Waals surface area contributed by atoms with Crippen LogP contribution in [-0.4, -0.2) is 41.1 Å². The molecule has 1 N–H and O–H groups in total. The molecule has 0 amide bonds. The highest BCUT2D eigenvalue weighted by atomic mass is 28.4. The second-order valence-corrected chi connectivity index (χ2v) is 17.7. The molecule has 0 aromatic carbocycles. The van der Waals surface area contributed by atoms with Crippen LogP contribution < -0.4 is 0 Å². The van der Waals surface area contributed by atoms with Crippen LogP contribution in [-0.2, 0) is 4.74 Å². The minimum Gasteiger partial charge on any atom is -0.394 e. The van der Waals surface area contributed by atoms with E-state index in [0.717, 1.165) is 6.61 Å². The molecule has 15 heavy (non-hydrogen) atoms. The van der Waals surface area contributed by atoms with Gasteiger partial charge in [-0.05, 0) is 6.42 Å². The second-order valence-electron chi connectivity index (χ2n) is 6.34. The van der Waals surface area contributed by atoms with Crippen LogP contribution in [0.25, 0.3) is 0 Å². The third-order valence-corrected chi connectivity index (χ3v) is 12.2. The molecule has 0 aliphatic carbocycles. The van der Waals surface area contributed by atoms with Crippen molar-refractivity contribution in [1.82, 2.24) is 0 Å². The van der Waals surface area contributed by atoms with Crippen molar-refractivity contribution in [3.05, 3.63) is 0 Å². The molecule has 0 fully saturated rings. The lowest BCUT2D eigenvalue weighted by Gasteiger charge is -2.29. The average molecular weight is 249 g/mol. The van der Waals surface area contributed by atoms with E-state index in [1.165, 1.54) is 18.1 Å². The molecule has 0 aliphatic rings. The number of aliphatic hydroxyl groups is 1. The molecular weight excluding hydrogens is 220 g/mol. The highest BCUT2D eigenvalue weighted by Gasteiger charge is 2.27. The Balaban J connectivity index is 3.65. The first-order valence-corrected chi connectivity index (χ1v) is 13.1. The molecule has 0 aliphatic heterocycles. The zero-order valence-electron chi connectivity index (χ0n) is 11.1. The lowest BCUT2D eigenvalue weighted by atomic mass is 10.5. The summed E-state index contributed by atoms with van der Waals surface area (Å²) in [4.78, 5) is 0. The fourth-order valence-corrected chi connectivity index (χ4v) is 15.6. The Morgan fingerprint density at radius 3 is 2.07 bits per heavy atom. The summed E-state index contributed by atoms with van der Waals surface area (Å²) >= 11 is 0. The minimum atomic E-state index is -0.980. The van der Waals surface area contributed by atoms with E-state index in [9.17, 15) is 0 Å². The molecule has 0 rings (SSSR count). The number of rotatable bonds is 8. The lowest BCUT2D eigenvalue weighted by molar-refractivity contribution is 0.0926. The number of aliphatic hydroxyl groups excluding tert-OH is 1. The molecule has 0 saturated carbocycles. The first kappa shape index (κ1) is 15.4. The molecule has 0 saturated heterocycles. The van der Waals surface area contributed by atoms with Crippen LogP contribution in [0.1, 0.15) is 6.42 Å². The van der Waals surface area contributed by atoms with Crippen molar-refractivity contribution in [3.63, 3.8) is 0 Å². The smallest absolute Gasteiger partial charge is 0.0697 e. The van der Waals surface area contributed by atoms with Crippen LogP contribution in [0.2, 0.25) is 44.4 Å². The Bertz CT molecular complexity index is 164. The van der Waals surface area contributed by atoms with Crippen LogP contribution in [0, 0.1) is 0 Å². The van der Waals surface area contributed by atoms with Crippen LogP contribution in [0.15, 0.2) is 0 Å². The lowest BCUT2D eigenvalue weighted by Crippen LogP contribution is -2.37. The normalized spacial score (nSPS) is 13.2. The zero-order chi connectivity index (χ0) is 11.9. The Morgan fingerprint density at radius 1 is 1.00 bits per heavy atom. The van der Waals surface area contributed by atoms with Gasteiger partial charge >= 0.3 is 0 Å². The van der Waals surface area contributed by atoms with Gasteiger partial charge in [-0.25, -0.2) is 0 Å². The summed E-state index contributed by atoms with van der Waals surface area (Å²) in [7, 11) is -1.87. The van der Waals surface area contributed by atoms with E-state index in [2.05, 4.69) is 32.7 Å². The summed E-state index contributed by atoms with van der Waals surface area (Å²) in [5.74, 6) is 0. The number of hydrogen-bond acceptors (Lipinski definition) is 2. The second kappa shape index (κ2) is 6.83. The predicted octanol–water partition coefficient (Wildman–Crippen LogP) is 2.97. The van der Waals surface area contributed by atoms with Crippen molar-refractivity contribution < 1.29 is 9.84 Å². The van der Waals surface area contributed by atoms with Crippen molar-refractivity contribution in [3.8, 4) is 0 Å². The highest BCUT2D eigenvalue weighted by molar-refractivity contribution is 6.94. The maximum Gasteiger partial charge on any atom is 0.0697 e. The van der Waals surface area contributed by atoms with Crippen molar-refractivity contribution in [1.29, 1.82) is 0 Å². The van der Waals surface area contributed by atoms with Gasteiger partial charge < -0.3 is 9.84 Å². The summed E-state index contributed by atoms with van der Waals surface area (Å²) in [5.41, 5.74) is 1.51. The molecule has 0 unspecified atom stereocenters. The molecule has 0 aromatic rings. The first-order chi connectivity index (χ1) is 6.77. The standard InChI is InChI=1S/C11H28O2Si2/c1-14(2,3)11-15(4,5)10-6-8-13-9-7-12/h12H,6-11H2,1-5H3. The van der Waals surface area contributed by atoms with Gasteiger partial charge in [0.2, 0.25) is 0 Å². The van der Waals surface area contributed by atoms with Gasteiger partial charge in [-0.1, -0.05) is 44.4 Å². The van der Waals surface area contributed by atoms with Crippen LogP contribution in [0.4, 0.5) is 0 Å². The molecule has 0 aromatic heterocycles. The Labute approximate surface area is 97.1 Å². The van der Waals surface area contributed by atoms with Crippen LogP contribution >= 0.6 is 0 Å². The van der Waals surface area contributed by atoms with Gasteiger partial charge in [-0.15, -0.1) is 0 Å². The Kier molecular flexibility index (Phi) is 6.99. The predicted molar refractivity (Wildman–Crippen MR) is 73.0 cm³/mol. The van der Waals surface area contributed by atoms with E-state index in [1.54, 1.807) is 0 Å². The molecular formula is C11H28O2Si2. The third-order valence-electron chi connectivity index (χ3n) is 2.39. The van der Waals surface area contributed by atoms with E-state index < -0.39 is 16.1 Å². The molecule has 2 nitrogen and oxygen atoms in total. The van der Waals surface area contributed by atoms with Gasteiger partial charge in [-0.3, -0.25) is 0 Å². The maximum absolute atomic E-state index is 8.57. The van der Waals surface area contributed by atoms with Gasteiger partial charge in [0.25, 0.3) is 0 Å². The van der Waals surface area contributed by atoms with Gasteiger partial charge in [0, 0.05) is 22.8 Å². The summed E-state index contributed by atoms with van der Waals surface area (Å²) < 4.78 is 5.29. The molecule has 92 valence electrons. The molecule has 0 heterocycles. The van der Waals surface area contributed by atoms with E-state index >= 15 is 0 Å². The molecule has 0 radical (unpaired) electrons. The third kappa shape index (κ3) is 10.6. The summed E-state index contributed by atoms with van der Waals surface area (Å²) in [6.45, 7) is 13.8. The van der Waals surface area contributed by atoms with Gasteiger partial charge in [-0.2, -0.15) is 0 Å². The average Bonchev–Trinajstić information content (AvgIpc) is 1.99. The van der Waals surface area contributed by atoms with E-state index in [0.29, 0.717) is 6.61 Å². The Hall–Kier alpha value is 0.354. The summed E-state index contributed by atoms with van der Waals surface area (Å²) in [5, 5.41) is 8.57. The summed E-state index contributed by atoms with van der Waals surface area (Å²) in [6, 6.07) is 1.36. The maximum atomic E-state index is 8.57. The molecule has 0 spiro atoms. The minimum absolute atomic E-state index is 0.149.